The summed E-state index contributed by atoms with van der Waals surface area (Å²) in [6, 6.07) is 5.65. The van der Waals surface area contributed by atoms with Crippen molar-refractivity contribution in [3.63, 3.8) is 0 Å². The summed E-state index contributed by atoms with van der Waals surface area (Å²) in [6.07, 6.45) is 3.82. The van der Waals surface area contributed by atoms with Crippen molar-refractivity contribution in [3.05, 3.63) is 47.8 Å². The molecule has 0 saturated carbocycles. The number of hydrogen-bond acceptors (Lipinski definition) is 4. The molecule has 24 heavy (non-hydrogen) atoms. The molecule has 1 aliphatic rings. The summed E-state index contributed by atoms with van der Waals surface area (Å²) in [5, 5.41) is 0. The maximum absolute atomic E-state index is 13.8. The van der Waals surface area contributed by atoms with E-state index in [4.69, 9.17) is 4.74 Å². The van der Waals surface area contributed by atoms with Gasteiger partial charge in [0.1, 0.15) is 5.82 Å². The molecule has 3 rings (SSSR count). The Morgan fingerprint density at radius 2 is 2.12 bits per heavy atom. The number of aromatic nitrogens is 2. The standard InChI is InChI=1S/C18H25FN4O/c1-14-11-22(12-15-4-5-17(24-3)16(19)10-15)8-9-23(14)13-18-20-6-7-21(18)2/h4-7,10,14H,8-9,11-13H2,1-3H3/t14-/m0/s1. The minimum Gasteiger partial charge on any atom is -0.494 e. The molecule has 0 amide bonds. The number of methoxy groups -OCH3 is 1. The van der Waals surface area contributed by atoms with Gasteiger partial charge in [0, 0.05) is 51.7 Å². The summed E-state index contributed by atoms with van der Waals surface area (Å²) >= 11 is 0. The van der Waals surface area contributed by atoms with Crippen molar-refractivity contribution in [1.29, 1.82) is 0 Å². The average molecular weight is 332 g/mol. The Kier molecular flexibility index (Phi) is 5.16. The van der Waals surface area contributed by atoms with Crippen LogP contribution in [0.15, 0.2) is 30.6 Å². The quantitative estimate of drug-likeness (QED) is 0.841. The highest BCUT2D eigenvalue weighted by Gasteiger charge is 2.24. The maximum atomic E-state index is 13.8. The Balaban J connectivity index is 1.57. The fraction of sp³-hybridized carbons (Fsp3) is 0.500. The lowest BCUT2D eigenvalue weighted by Crippen LogP contribution is -2.51. The molecule has 2 heterocycles. The Morgan fingerprint density at radius 1 is 1.29 bits per heavy atom. The van der Waals surface area contributed by atoms with Crippen LogP contribution in [0.2, 0.25) is 0 Å². The molecule has 1 saturated heterocycles. The zero-order chi connectivity index (χ0) is 17.1. The van der Waals surface area contributed by atoms with E-state index >= 15 is 0 Å². The van der Waals surface area contributed by atoms with Crippen molar-refractivity contribution < 1.29 is 9.13 Å². The van der Waals surface area contributed by atoms with Gasteiger partial charge in [-0.2, -0.15) is 0 Å². The number of rotatable bonds is 5. The SMILES string of the molecule is COc1ccc(CN2CCN(Cc3nccn3C)[C@@H](C)C2)cc1F. The second-order valence-corrected chi connectivity index (χ2v) is 6.48. The Hall–Kier alpha value is -1.92. The van der Waals surface area contributed by atoms with Gasteiger partial charge in [-0.1, -0.05) is 6.07 Å². The molecule has 0 aliphatic carbocycles. The average Bonchev–Trinajstić information content (AvgIpc) is 2.95. The first-order valence-electron chi connectivity index (χ1n) is 8.32. The summed E-state index contributed by atoms with van der Waals surface area (Å²) in [5.41, 5.74) is 0.984. The second-order valence-electron chi connectivity index (χ2n) is 6.48. The first kappa shape index (κ1) is 16.9. The highest BCUT2D eigenvalue weighted by Crippen LogP contribution is 2.20. The number of piperazine rings is 1. The fourth-order valence-corrected chi connectivity index (χ4v) is 3.25. The first-order chi connectivity index (χ1) is 11.6. The van der Waals surface area contributed by atoms with Gasteiger partial charge in [0.15, 0.2) is 11.6 Å². The van der Waals surface area contributed by atoms with Crippen LogP contribution in [-0.2, 0) is 20.1 Å². The molecule has 0 radical (unpaired) electrons. The van der Waals surface area contributed by atoms with Gasteiger partial charge in [-0.3, -0.25) is 9.80 Å². The predicted molar refractivity (Wildman–Crippen MR) is 91.3 cm³/mol. The van der Waals surface area contributed by atoms with E-state index in [1.807, 2.05) is 25.5 Å². The molecule has 1 aromatic carbocycles. The summed E-state index contributed by atoms with van der Waals surface area (Å²) in [6.45, 7) is 6.81. The van der Waals surface area contributed by atoms with E-state index < -0.39 is 0 Å². The molecule has 0 unspecified atom stereocenters. The number of imidazole rings is 1. The molecule has 1 fully saturated rings. The molecule has 0 spiro atoms. The number of nitrogens with zero attached hydrogens (tertiary/aromatic N) is 4. The van der Waals surface area contributed by atoms with Crippen LogP contribution in [0.4, 0.5) is 4.39 Å². The van der Waals surface area contributed by atoms with E-state index in [1.165, 1.54) is 7.11 Å². The zero-order valence-electron chi connectivity index (χ0n) is 14.6. The van der Waals surface area contributed by atoms with Crippen molar-refractivity contribution in [3.8, 4) is 5.75 Å². The van der Waals surface area contributed by atoms with E-state index in [0.29, 0.717) is 11.8 Å². The Morgan fingerprint density at radius 3 is 2.75 bits per heavy atom. The third kappa shape index (κ3) is 3.76. The molecular weight excluding hydrogens is 307 g/mol. The van der Waals surface area contributed by atoms with Crippen molar-refractivity contribution in [1.82, 2.24) is 19.4 Å². The van der Waals surface area contributed by atoms with E-state index in [0.717, 1.165) is 44.1 Å². The van der Waals surface area contributed by atoms with Crippen molar-refractivity contribution in [2.24, 2.45) is 7.05 Å². The number of ether oxygens (including phenoxy) is 1. The monoisotopic (exact) mass is 332 g/mol. The van der Waals surface area contributed by atoms with Crippen LogP contribution in [-0.4, -0.2) is 52.1 Å². The van der Waals surface area contributed by atoms with E-state index in [9.17, 15) is 4.39 Å². The smallest absolute Gasteiger partial charge is 0.165 e. The van der Waals surface area contributed by atoms with Gasteiger partial charge in [0.2, 0.25) is 0 Å². The zero-order valence-corrected chi connectivity index (χ0v) is 14.6. The molecule has 5 nitrogen and oxygen atoms in total. The minimum atomic E-state index is -0.295. The summed E-state index contributed by atoms with van der Waals surface area (Å²) < 4.78 is 20.9. The molecule has 1 aliphatic heterocycles. The molecule has 0 bridgehead atoms. The lowest BCUT2D eigenvalue weighted by Gasteiger charge is -2.39. The van der Waals surface area contributed by atoms with Crippen LogP contribution < -0.4 is 4.74 Å². The van der Waals surface area contributed by atoms with Crippen LogP contribution in [0.1, 0.15) is 18.3 Å². The molecule has 0 N–H and O–H groups in total. The van der Waals surface area contributed by atoms with Gasteiger partial charge in [0.05, 0.1) is 13.7 Å². The molecule has 2 aromatic rings. The molecule has 1 aromatic heterocycles. The predicted octanol–water partition coefficient (Wildman–Crippen LogP) is 2.27. The number of halogens is 1. The van der Waals surface area contributed by atoms with Crippen molar-refractivity contribution in [2.45, 2.75) is 26.1 Å². The third-order valence-corrected chi connectivity index (χ3v) is 4.74. The van der Waals surface area contributed by atoms with Gasteiger partial charge < -0.3 is 9.30 Å². The van der Waals surface area contributed by atoms with Crippen molar-refractivity contribution in [2.75, 3.05) is 26.7 Å². The maximum Gasteiger partial charge on any atom is 0.165 e. The molecular formula is C18H25FN4O. The van der Waals surface area contributed by atoms with E-state index in [2.05, 4.69) is 26.3 Å². The molecule has 130 valence electrons. The lowest BCUT2D eigenvalue weighted by molar-refractivity contribution is 0.0706. The van der Waals surface area contributed by atoms with Gasteiger partial charge in [-0.05, 0) is 24.6 Å². The van der Waals surface area contributed by atoms with Crippen LogP contribution >= 0.6 is 0 Å². The lowest BCUT2D eigenvalue weighted by atomic mass is 10.1. The highest BCUT2D eigenvalue weighted by molar-refractivity contribution is 5.29. The van der Waals surface area contributed by atoms with Crippen LogP contribution in [0, 0.1) is 5.82 Å². The summed E-state index contributed by atoms with van der Waals surface area (Å²) in [4.78, 5) is 9.24. The largest absolute Gasteiger partial charge is 0.494 e. The second kappa shape index (κ2) is 7.32. The number of benzene rings is 1. The number of aryl methyl sites for hydroxylation is 1. The van der Waals surface area contributed by atoms with Crippen LogP contribution in [0.3, 0.4) is 0 Å². The van der Waals surface area contributed by atoms with Gasteiger partial charge in [0.25, 0.3) is 0 Å². The van der Waals surface area contributed by atoms with Crippen LogP contribution in [0.25, 0.3) is 0 Å². The normalized spacial score (nSPS) is 19.6. The Labute approximate surface area is 142 Å². The van der Waals surface area contributed by atoms with Crippen molar-refractivity contribution >= 4 is 0 Å². The fourth-order valence-electron chi connectivity index (χ4n) is 3.25. The Bertz CT molecular complexity index is 687. The van der Waals surface area contributed by atoms with Crippen LogP contribution in [0.5, 0.6) is 5.75 Å². The van der Waals surface area contributed by atoms with E-state index in [1.54, 1.807) is 12.1 Å². The minimum absolute atomic E-state index is 0.295. The molecule has 6 heteroatoms. The highest BCUT2D eigenvalue weighted by atomic mass is 19.1. The third-order valence-electron chi connectivity index (χ3n) is 4.74. The van der Waals surface area contributed by atoms with Gasteiger partial charge in [-0.25, -0.2) is 9.37 Å². The first-order valence-corrected chi connectivity index (χ1v) is 8.32. The summed E-state index contributed by atoms with van der Waals surface area (Å²) in [7, 11) is 3.52. The van der Waals surface area contributed by atoms with Gasteiger partial charge in [-0.15, -0.1) is 0 Å². The molecule has 1 atom stereocenters. The number of hydrogen-bond donors (Lipinski definition) is 0. The van der Waals surface area contributed by atoms with Gasteiger partial charge >= 0.3 is 0 Å². The van der Waals surface area contributed by atoms with E-state index in [-0.39, 0.29) is 5.82 Å². The topological polar surface area (TPSA) is 33.5 Å². The summed E-state index contributed by atoms with van der Waals surface area (Å²) in [5.74, 6) is 1.09.